The Kier molecular flexibility index (Phi) is 3.65. The van der Waals surface area contributed by atoms with Gasteiger partial charge in [0.05, 0.1) is 19.2 Å². The van der Waals surface area contributed by atoms with Crippen molar-refractivity contribution in [1.82, 2.24) is 0 Å². The molecule has 0 aromatic heterocycles. The number of ether oxygens (including phenoxy) is 1. The molecule has 0 atom stereocenters. The van der Waals surface area contributed by atoms with Crippen molar-refractivity contribution in [2.24, 2.45) is 5.73 Å². The summed E-state index contributed by atoms with van der Waals surface area (Å²) in [6, 6.07) is 0.987. The zero-order valence-electron chi connectivity index (χ0n) is 7.88. The second kappa shape index (κ2) is 4.59. The summed E-state index contributed by atoms with van der Waals surface area (Å²) in [5.74, 6) is -2.23. The van der Waals surface area contributed by atoms with Crippen LogP contribution < -0.4 is 10.5 Å². The minimum Gasteiger partial charge on any atom is -0.502 e. The van der Waals surface area contributed by atoms with Crippen molar-refractivity contribution in [3.05, 3.63) is 21.9 Å². The maximum Gasteiger partial charge on any atom is 0.195 e. The van der Waals surface area contributed by atoms with Gasteiger partial charge in [-0.2, -0.15) is 0 Å². The fraction of sp³-hybridized carbons (Fsp3) is 0.222. The molecule has 3 N–H and O–H groups in total. The summed E-state index contributed by atoms with van der Waals surface area (Å²) < 4.78 is 18.0. The molecule has 0 amide bonds. The normalized spacial score (nSPS) is 10.1. The number of phenols is 1. The zero-order valence-corrected chi connectivity index (χ0v) is 9.47. The summed E-state index contributed by atoms with van der Waals surface area (Å²) in [6.45, 7) is -0.250. The quantitative estimate of drug-likeness (QED) is 0.821. The number of carbonyl (C=O) groups is 1. The van der Waals surface area contributed by atoms with Gasteiger partial charge in [0.2, 0.25) is 0 Å². The van der Waals surface area contributed by atoms with E-state index in [1.54, 1.807) is 0 Å². The first-order chi connectivity index (χ1) is 7.02. The Labute approximate surface area is 94.0 Å². The van der Waals surface area contributed by atoms with Crippen molar-refractivity contribution in [2.75, 3.05) is 13.7 Å². The lowest BCUT2D eigenvalue weighted by atomic mass is 10.1. The van der Waals surface area contributed by atoms with E-state index in [1.807, 2.05) is 0 Å². The van der Waals surface area contributed by atoms with E-state index in [1.165, 1.54) is 7.11 Å². The molecule has 0 saturated carbocycles. The summed E-state index contributed by atoms with van der Waals surface area (Å²) in [7, 11) is 1.23. The number of ketones is 1. The molecule has 0 aliphatic carbocycles. The fourth-order valence-electron chi connectivity index (χ4n) is 1.15. The lowest BCUT2D eigenvalue weighted by Crippen LogP contribution is -2.15. The third kappa shape index (κ3) is 2.10. The number of benzene rings is 1. The van der Waals surface area contributed by atoms with Crippen molar-refractivity contribution in [3.8, 4) is 11.5 Å². The van der Waals surface area contributed by atoms with Crippen molar-refractivity contribution >= 4 is 21.7 Å². The lowest BCUT2D eigenvalue weighted by molar-refractivity contribution is 0.0997. The molecule has 6 heteroatoms. The Morgan fingerprint density at radius 3 is 2.80 bits per heavy atom. The van der Waals surface area contributed by atoms with Gasteiger partial charge in [0.1, 0.15) is 0 Å². The van der Waals surface area contributed by atoms with Gasteiger partial charge in [0, 0.05) is 4.47 Å². The van der Waals surface area contributed by atoms with E-state index in [2.05, 4.69) is 15.9 Å². The van der Waals surface area contributed by atoms with Gasteiger partial charge in [-0.25, -0.2) is 4.39 Å². The van der Waals surface area contributed by atoms with Crippen LogP contribution in [-0.4, -0.2) is 24.5 Å². The van der Waals surface area contributed by atoms with Crippen LogP contribution in [0, 0.1) is 5.82 Å². The van der Waals surface area contributed by atoms with Crippen LogP contribution in [0.1, 0.15) is 10.4 Å². The Balaban J connectivity index is 3.49. The Morgan fingerprint density at radius 1 is 1.73 bits per heavy atom. The van der Waals surface area contributed by atoms with E-state index in [9.17, 15) is 14.3 Å². The van der Waals surface area contributed by atoms with Crippen molar-refractivity contribution in [1.29, 1.82) is 0 Å². The molecular weight excluding hydrogens is 269 g/mol. The van der Waals surface area contributed by atoms with Crippen LogP contribution in [-0.2, 0) is 0 Å². The molecule has 0 unspecified atom stereocenters. The average Bonchev–Trinajstić information content (AvgIpc) is 2.21. The number of rotatable bonds is 3. The third-order valence-corrected chi connectivity index (χ3v) is 2.45. The molecule has 0 bridgehead atoms. The molecule has 1 rings (SSSR count). The average molecular weight is 278 g/mol. The van der Waals surface area contributed by atoms with Gasteiger partial charge in [-0.1, -0.05) is 0 Å². The summed E-state index contributed by atoms with van der Waals surface area (Å²) in [6.07, 6.45) is 0. The van der Waals surface area contributed by atoms with Gasteiger partial charge in [0.15, 0.2) is 23.1 Å². The second-order valence-corrected chi connectivity index (χ2v) is 3.58. The zero-order chi connectivity index (χ0) is 11.6. The van der Waals surface area contributed by atoms with E-state index in [0.29, 0.717) is 0 Å². The van der Waals surface area contributed by atoms with Crippen LogP contribution in [0.5, 0.6) is 11.5 Å². The van der Waals surface area contributed by atoms with E-state index < -0.39 is 17.3 Å². The molecule has 15 heavy (non-hydrogen) atoms. The first kappa shape index (κ1) is 11.9. The standard InChI is InChI=1S/C9H9BrFNO3/c1-15-9-7(6(13)3-12)4(10)2-5(11)8(9)14/h2,14H,3,12H2,1H3. The van der Waals surface area contributed by atoms with Crippen LogP contribution in [0.4, 0.5) is 4.39 Å². The molecule has 82 valence electrons. The summed E-state index contributed by atoms with van der Waals surface area (Å²) in [5, 5.41) is 9.33. The number of halogens is 2. The minimum absolute atomic E-state index is 0.0406. The Hall–Kier alpha value is -1.14. The van der Waals surface area contributed by atoms with Gasteiger partial charge >= 0.3 is 0 Å². The minimum atomic E-state index is -0.868. The number of methoxy groups -OCH3 is 1. The molecule has 0 aliphatic heterocycles. The number of hydrogen-bond donors (Lipinski definition) is 2. The molecule has 0 fully saturated rings. The van der Waals surface area contributed by atoms with Crippen molar-refractivity contribution < 1.29 is 19.0 Å². The molecule has 0 spiro atoms. The van der Waals surface area contributed by atoms with E-state index in [4.69, 9.17) is 10.5 Å². The van der Waals surface area contributed by atoms with Gasteiger partial charge in [0.25, 0.3) is 0 Å². The van der Waals surface area contributed by atoms with E-state index >= 15 is 0 Å². The molecule has 1 aromatic carbocycles. The topological polar surface area (TPSA) is 72.5 Å². The molecule has 0 heterocycles. The largest absolute Gasteiger partial charge is 0.502 e. The number of hydrogen-bond acceptors (Lipinski definition) is 4. The molecule has 0 saturated heterocycles. The van der Waals surface area contributed by atoms with Crippen LogP contribution >= 0.6 is 15.9 Å². The molecule has 4 nitrogen and oxygen atoms in total. The van der Waals surface area contributed by atoms with Crippen molar-refractivity contribution in [3.63, 3.8) is 0 Å². The van der Waals surface area contributed by atoms with Gasteiger partial charge in [-0.05, 0) is 22.0 Å². The fourth-order valence-corrected chi connectivity index (χ4v) is 1.75. The summed E-state index contributed by atoms with van der Waals surface area (Å²) in [5.41, 5.74) is 5.22. The van der Waals surface area contributed by atoms with E-state index in [-0.39, 0.29) is 22.3 Å². The highest BCUT2D eigenvalue weighted by molar-refractivity contribution is 9.10. The van der Waals surface area contributed by atoms with Crippen LogP contribution in [0.2, 0.25) is 0 Å². The first-order valence-corrected chi connectivity index (χ1v) is 4.80. The Bertz CT molecular complexity index is 409. The molecule has 0 aliphatic rings. The SMILES string of the molecule is COc1c(O)c(F)cc(Br)c1C(=O)CN. The predicted octanol–water partition coefficient (Wildman–Crippen LogP) is 1.44. The van der Waals surface area contributed by atoms with Gasteiger partial charge in [-0.3, -0.25) is 4.79 Å². The maximum absolute atomic E-state index is 13.1. The van der Waals surface area contributed by atoms with Crippen molar-refractivity contribution in [2.45, 2.75) is 0 Å². The number of Topliss-reactive ketones (excluding diaryl/α,β-unsaturated/α-hetero) is 1. The molecular formula is C9H9BrFNO3. The van der Waals surface area contributed by atoms with Gasteiger partial charge in [-0.15, -0.1) is 0 Å². The van der Waals surface area contributed by atoms with Gasteiger partial charge < -0.3 is 15.6 Å². The van der Waals surface area contributed by atoms with E-state index in [0.717, 1.165) is 6.07 Å². The maximum atomic E-state index is 13.1. The third-order valence-electron chi connectivity index (χ3n) is 1.83. The monoisotopic (exact) mass is 277 g/mol. The van der Waals surface area contributed by atoms with Crippen LogP contribution in [0.15, 0.2) is 10.5 Å². The summed E-state index contributed by atoms with van der Waals surface area (Å²) in [4.78, 5) is 11.4. The number of phenolic OH excluding ortho intramolecular Hbond substituents is 1. The first-order valence-electron chi connectivity index (χ1n) is 4.01. The smallest absolute Gasteiger partial charge is 0.195 e. The lowest BCUT2D eigenvalue weighted by Gasteiger charge is -2.11. The Morgan fingerprint density at radius 2 is 2.33 bits per heavy atom. The van der Waals surface area contributed by atoms with Crippen LogP contribution in [0.25, 0.3) is 0 Å². The summed E-state index contributed by atoms with van der Waals surface area (Å²) >= 11 is 3.01. The highest BCUT2D eigenvalue weighted by Crippen LogP contribution is 2.37. The second-order valence-electron chi connectivity index (χ2n) is 2.72. The number of aromatic hydroxyl groups is 1. The predicted molar refractivity (Wildman–Crippen MR) is 55.7 cm³/mol. The number of carbonyl (C=O) groups excluding carboxylic acids is 1. The highest BCUT2D eigenvalue weighted by atomic mass is 79.9. The molecule has 1 aromatic rings. The molecule has 0 radical (unpaired) electrons. The number of nitrogens with two attached hydrogens (primary N) is 1. The highest BCUT2D eigenvalue weighted by Gasteiger charge is 2.21. The van der Waals surface area contributed by atoms with Crippen LogP contribution in [0.3, 0.4) is 0 Å².